The molecule has 1 aliphatic rings. The van der Waals surface area contributed by atoms with Gasteiger partial charge in [-0.05, 0) is 33.3 Å². The average Bonchev–Trinajstić information content (AvgIpc) is 1.97. The van der Waals surface area contributed by atoms with E-state index in [-0.39, 0.29) is 0 Å². The van der Waals surface area contributed by atoms with Gasteiger partial charge in [0.15, 0.2) is 0 Å². The minimum Gasteiger partial charge on any atom is -0.371 e. The van der Waals surface area contributed by atoms with E-state index in [1.807, 2.05) is 0 Å². The van der Waals surface area contributed by atoms with Gasteiger partial charge in [0.25, 0.3) is 0 Å². The van der Waals surface area contributed by atoms with Crippen LogP contribution in [-0.2, 0) is 4.74 Å². The van der Waals surface area contributed by atoms with Crippen molar-refractivity contribution >= 4 is 0 Å². The van der Waals surface area contributed by atoms with Gasteiger partial charge in [0.05, 0.1) is 12.2 Å². The molecule has 1 nitrogen and oxygen atoms in total. The van der Waals surface area contributed by atoms with Crippen molar-refractivity contribution in [1.82, 2.24) is 0 Å². The van der Waals surface area contributed by atoms with Gasteiger partial charge in [-0.25, -0.2) is 0 Å². The van der Waals surface area contributed by atoms with Crippen LogP contribution in [0.1, 0.15) is 34.6 Å². The molecule has 0 radical (unpaired) electrons. The number of rotatable bonds is 0. The Hall–Kier alpha value is -0.300. The fourth-order valence-corrected chi connectivity index (χ4v) is 1.57. The molecule has 11 heavy (non-hydrogen) atoms. The van der Waals surface area contributed by atoms with Crippen molar-refractivity contribution < 1.29 is 4.74 Å². The van der Waals surface area contributed by atoms with Gasteiger partial charge < -0.3 is 4.74 Å². The van der Waals surface area contributed by atoms with Crippen molar-refractivity contribution in [3.63, 3.8) is 0 Å². The van der Waals surface area contributed by atoms with Gasteiger partial charge in [0, 0.05) is 5.92 Å². The van der Waals surface area contributed by atoms with Gasteiger partial charge in [-0.1, -0.05) is 12.5 Å². The second kappa shape index (κ2) is 2.98. The van der Waals surface area contributed by atoms with E-state index in [9.17, 15) is 0 Å². The molecule has 0 aromatic heterocycles. The summed E-state index contributed by atoms with van der Waals surface area (Å²) in [5.41, 5.74) is 2.92. The number of hydrogen-bond acceptors (Lipinski definition) is 1. The topological polar surface area (TPSA) is 9.23 Å². The van der Waals surface area contributed by atoms with Crippen LogP contribution in [0.2, 0.25) is 0 Å². The maximum absolute atomic E-state index is 5.72. The maximum atomic E-state index is 5.72. The Morgan fingerprint density at radius 2 is 1.55 bits per heavy atom. The normalized spacial score (nSPS) is 39.5. The first-order chi connectivity index (χ1) is 5.04. The molecule has 0 saturated carbocycles. The number of hydrogen-bond donors (Lipinski definition) is 0. The second-order valence-corrected chi connectivity index (χ2v) is 3.64. The van der Waals surface area contributed by atoms with Crippen LogP contribution in [0.4, 0.5) is 0 Å². The highest BCUT2D eigenvalue weighted by Gasteiger charge is 2.25. The molecular formula is C10H18O. The first-order valence-corrected chi connectivity index (χ1v) is 4.36. The molecule has 0 spiro atoms. The van der Waals surface area contributed by atoms with Crippen LogP contribution in [0.15, 0.2) is 11.1 Å². The SMILES string of the molecule is CC1=C(C)C(C)C(C)OC1C. The third-order valence-electron chi connectivity index (χ3n) is 3.04. The summed E-state index contributed by atoms with van der Waals surface area (Å²) in [6.45, 7) is 10.9. The van der Waals surface area contributed by atoms with Crippen molar-refractivity contribution in [2.24, 2.45) is 5.92 Å². The van der Waals surface area contributed by atoms with Gasteiger partial charge in [0.2, 0.25) is 0 Å². The third kappa shape index (κ3) is 1.48. The highest BCUT2D eigenvalue weighted by Crippen LogP contribution is 2.29. The largest absolute Gasteiger partial charge is 0.371 e. The molecule has 1 heteroatoms. The Balaban J connectivity index is 2.89. The lowest BCUT2D eigenvalue weighted by atomic mass is 9.89. The molecule has 1 rings (SSSR count). The minimum absolute atomic E-state index is 0.321. The fraction of sp³-hybridized carbons (Fsp3) is 0.800. The molecule has 3 unspecified atom stereocenters. The molecule has 0 N–H and O–H groups in total. The summed E-state index contributed by atoms with van der Waals surface area (Å²) in [4.78, 5) is 0. The summed E-state index contributed by atoms with van der Waals surface area (Å²) >= 11 is 0. The highest BCUT2D eigenvalue weighted by molar-refractivity contribution is 5.19. The van der Waals surface area contributed by atoms with Crippen molar-refractivity contribution in [3.05, 3.63) is 11.1 Å². The molecular weight excluding hydrogens is 136 g/mol. The molecule has 0 bridgehead atoms. The van der Waals surface area contributed by atoms with Crippen LogP contribution in [0.5, 0.6) is 0 Å². The zero-order chi connectivity index (χ0) is 8.59. The molecule has 0 amide bonds. The summed E-state index contributed by atoms with van der Waals surface area (Å²) in [6, 6.07) is 0. The summed E-state index contributed by atoms with van der Waals surface area (Å²) in [6.07, 6.45) is 0.704. The Morgan fingerprint density at radius 1 is 1.00 bits per heavy atom. The predicted octanol–water partition coefficient (Wildman–Crippen LogP) is 2.77. The lowest BCUT2D eigenvalue weighted by Gasteiger charge is -2.33. The zero-order valence-electron chi connectivity index (χ0n) is 8.14. The maximum Gasteiger partial charge on any atom is 0.0760 e. The average molecular weight is 154 g/mol. The Bertz CT molecular complexity index is 181. The monoisotopic (exact) mass is 154 g/mol. The minimum atomic E-state index is 0.321. The summed E-state index contributed by atoms with van der Waals surface area (Å²) < 4.78 is 5.72. The first kappa shape index (κ1) is 8.79. The zero-order valence-corrected chi connectivity index (χ0v) is 8.14. The van der Waals surface area contributed by atoms with Gasteiger partial charge in [-0.15, -0.1) is 0 Å². The predicted molar refractivity (Wildman–Crippen MR) is 47.5 cm³/mol. The Labute approximate surface area is 69.4 Å². The molecule has 0 saturated heterocycles. The lowest BCUT2D eigenvalue weighted by Crippen LogP contribution is -2.31. The van der Waals surface area contributed by atoms with Crippen molar-refractivity contribution in [2.45, 2.75) is 46.8 Å². The smallest absolute Gasteiger partial charge is 0.0760 e. The van der Waals surface area contributed by atoms with Gasteiger partial charge in [-0.3, -0.25) is 0 Å². The van der Waals surface area contributed by atoms with E-state index in [0.717, 1.165) is 0 Å². The van der Waals surface area contributed by atoms with E-state index in [2.05, 4.69) is 34.6 Å². The van der Waals surface area contributed by atoms with Crippen LogP contribution in [0.3, 0.4) is 0 Å². The molecule has 3 atom stereocenters. The van der Waals surface area contributed by atoms with E-state index < -0.39 is 0 Å². The molecule has 64 valence electrons. The van der Waals surface area contributed by atoms with E-state index >= 15 is 0 Å². The third-order valence-corrected chi connectivity index (χ3v) is 3.04. The van der Waals surface area contributed by atoms with Crippen LogP contribution < -0.4 is 0 Å². The lowest BCUT2D eigenvalue weighted by molar-refractivity contribution is -0.00862. The molecule has 1 heterocycles. The van der Waals surface area contributed by atoms with Crippen molar-refractivity contribution in [1.29, 1.82) is 0 Å². The van der Waals surface area contributed by atoms with Crippen LogP contribution in [0.25, 0.3) is 0 Å². The molecule has 0 aliphatic carbocycles. The van der Waals surface area contributed by atoms with Crippen LogP contribution >= 0.6 is 0 Å². The molecule has 0 aromatic carbocycles. The Morgan fingerprint density at radius 3 is 2.09 bits per heavy atom. The van der Waals surface area contributed by atoms with Crippen molar-refractivity contribution in [3.8, 4) is 0 Å². The van der Waals surface area contributed by atoms with Crippen molar-refractivity contribution in [2.75, 3.05) is 0 Å². The molecule has 0 aromatic rings. The summed E-state index contributed by atoms with van der Waals surface area (Å²) in [7, 11) is 0. The first-order valence-electron chi connectivity index (χ1n) is 4.36. The summed E-state index contributed by atoms with van der Waals surface area (Å²) in [5, 5.41) is 0. The van der Waals surface area contributed by atoms with Crippen LogP contribution in [-0.4, -0.2) is 12.2 Å². The molecule has 0 fully saturated rings. The van der Waals surface area contributed by atoms with Gasteiger partial charge in [-0.2, -0.15) is 0 Å². The van der Waals surface area contributed by atoms with E-state index in [4.69, 9.17) is 4.74 Å². The van der Waals surface area contributed by atoms with Gasteiger partial charge >= 0.3 is 0 Å². The fourth-order valence-electron chi connectivity index (χ4n) is 1.57. The van der Waals surface area contributed by atoms with Gasteiger partial charge in [0.1, 0.15) is 0 Å². The standard InChI is InChI=1S/C10H18O/c1-6-7(2)9(4)11-10(5)8(6)3/h7,9-10H,1-5H3. The molecule has 1 aliphatic heterocycles. The Kier molecular flexibility index (Phi) is 2.38. The van der Waals surface area contributed by atoms with E-state index in [0.29, 0.717) is 18.1 Å². The van der Waals surface area contributed by atoms with E-state index in [1.165, 1.54) is 11.1 Å². The summed E-state index contributed by atoms with van der Waals surface area (Å²) in [5.74, 6) is 0.589. The van der Waals surface area contributed by atoms with E-state index in [1.54, 1.807) is 0 Å². The van der Waals surface area contributed by atoms with Crippen LogP contribution in [0, 0.1) is 5.92 Å². The number of ether oxygens (including phenoxy) is 1. The quantitative estimate of drug-likeness (QED) is 0.487. The highest BCUT2D eigenvalue weighted by atomic mass is 16.5. The second-order valence-electron chi connectivity index (χ2n) is 3.64.